The van der Waals surface area contributed by atoms with Crippen LogP contribution in [-0.2, 0) is 4.74 Å². The highest BCUT2D eigenvalue weighted by Crippen LogP contribution is 2.29. The summed E-state index contributed by atoms with van der Waals surface area (Å²) in [6.07, 6.45) is 2.45. The van der Waals surface area contributed by atoms with Crippen molar-refractivity contribution in [2.45, 2.75) is 44.8 Å². The molecule has 1 rings (SSSR count). The van der Waals surface area contributed by atoms with Crippen molar-refractivity contribution in [1.82, 2.24) is 4.90 Å². The SMILES string of the molecule is COCCN(C1CC1)C(CO)C(N)C(C)C. The molecule has 96 valence electrons. The fourth-order valence-corrected chi connectivity index (χ4v) is 2.11. The molecule has 0 bridgehead atoms. The largest absolute Gasteiger partial charge is 0.395 e. The molecule has 1 aliphatic rings. The van der Waals surface area contributed by atoms with E-state index in [2.05, 4.69) is 18.7 Å². The molecule has 16 heavy (non-hydrogen) atoms. The first kappa shape index (κ1) is 13.9. The summed E-state index contributed by atoms with van der Waals surface area (Å²) in [5.41, 5.74) is 6.17. The van der Waals surface area contributed by atoms with Crippen LogP contribution >= 0.6 is 0 Å². The zero-order valence-corrected chi connectivity index (χ0v) is 10.7. The summed E-state index contributed by atoms with van der Waals surface area (Å²) in [6.45, 7) is 5.92. The third-order valence-corrected chi connectivity index (χ3v) is 3.40. The molecule has 1 saturated carbocycles. The molecule has 3 N–H and O–H groups in total. The Morgan fingerprint density at radius 2 is 2.06 bits per heavy atom. The van der Waals surface area contributed by atoms with Crippen molar-refractivity contribution in [2.24, 2.45) is 11.7 Å². The van der Waals surface area contributed by atoms with Crippen LogP contribution in [0.3, 0.4) is 0 Å². The van der Waals surface area contributed by atoms with Crippen molar-refractivity contribution in [3.8, 4) is 0 Å². The second kappa shape index (κ2) is 6.55. The predicted octanol–water partition coefficient (Wildman–Crippen LogP) is 0.441. The number of rotatable bonds is 8. The van der Waals surface area contributed by atoms with Gasteiger partial charge in [0.15, 0.2) is 0 Å². The Morgan fingerprint density at radius 3 is 2.44 bits per heavy atom. The van der Waals surface area contributed by atoms with Crippen LogP contribution in [0.2, 0.25) is 0 Å². The van der Waals surface area contributed by atoms with E-state index in [4.69, 9.17) is 10.5 Å². The van der Waals surface area contributed by atoms with Crippen LogP contribution in [0.5, 0.6) is 0 Å². The summed E-state index contributed by atoms with van der Waals surface area (Å²) >= 11 is 0. The van der Waals surface area contributed by atoms with Gasteiger partial charge in [0.25, 0.3) is 0 Å². The molecule has 0 aliphatic heterocycles. The Bertz CT molecular complexity index is 195. The first-order valence-electron chi connectivity index (χ1n) is 6.23. The van der Waals surface area contributed by atoms with Crippen LogP contribution in [0.25, 0.3) is 0 Å². The van der Waals surface area contributed by atoms with E-state index in [1.165, 1.54) is 12.8 Å². The number of hydrogen-bond donors (Lipinski definition) is 2. The van der Waals surface area contributed by atoms with Gasteiger partial charge in [0, 0.05) is 31.8 Å². The van der Waals surface area contributed by atoms with Crippen molar-refractivity contribution in [1.29, 1.82) is 0 Å². The maximum Gasteiger partial charge on any atom is 0.0602 e. The lowest BCUT2D eigenvalue weighted by molar-refractivity contribution is 0.0595. The molecular formula is C12H26N2O2. The summed E-state index contributed by atoms with van der Waals surface area (Å²) in [5.74, 6) is 0.390. The van der Waals surface area contributed by atoms with Gasteiger partial charge in [0.1, 0.15) is 0 Å². The van der Waals surface area contributed by atoms with Crippen LogP contribution < -0.4 is 5.73 Å². The van der Waals surface area contributed by atoms with Gasteiger partial charge in [-0.3, -0.25) is 4.90 Å². The molecule has 1 aliphatic carbocycles. The van der Waals surface area contributed by atoms with E-state index in [1.54, 1.807) is 7.11 Å². The van der Waals surface area contributed by atoms with Crippen molar-refractivity contribution < 1.29 is 9.84 Å². The molecule has 0 spiro atoms. The molecule has 0 heterocycles. The Hall–Kier alpha value is -0.160. The third kappa shape index (κ3) is 3.70. The average Bonchev–Trinajstić information content (AvgIpc) is 3.07. The third-order valence-electron chi connectivity index (χ3n) is 3.40. The number of aliphatic hydroxyl groups is 1. The van der Waals surface area contributed by atoms with Crippen LogP contribution in [0.4, 0.5) is 0 Å². The topological polar surface area (TPSA) is 58.7 Å². The van der Waals surface area contributed by atoms with Crippen molar-refractivity contribution >= 4 is 0 Å². The molecule has 0 aromatic carbocycles. The Balaban J connectivity index is 2.57. The minimum Gasteiger partial charge on any atom is -0.395 e. The summed E-state index contributed by atoms with van der Waals surface area (Å²) in [5, 5.41) is 9.53. The maximum atomic E-state index is 9.53. The van der Waals surface area contributed by atoms with Crippen LogP contribution in [0.15, 0.2) is 0 Å². The van der Waals surface area contributed by atoms with E-state index >= 15 is 0 Å². The quantitative estimate of drug-likeness (QED) is 0.635. The summed E-state index contributed by atoms with van der Waals surface area (Å²) in [6, 6.07) is 0.710. The highest BCUT2D eigenvalue weighted by Gasteiger charge is 2.36. The fraction of sp³-hybridized carbons (Fsp3) is 1.00. The molecule has 2 atom stereocenters. The van der Waals surface area contributed by atoms with E-state index < -0.39 is 0 Å². The Morgan fingerprint density at radius 1 is 1.44 bits per heavy atom. The van der Waals surface area contributed by atoms with E-state index in [0.717, 1.165) is 6.54 Å². The van der Waals surface area contributed by atoms with Gasteiger partial charge in [-0.2, -0.15) is 0 Å². The second-order valence-corrected chi connectivity index (χ2v) is 5.03. The maximum absolute atomic E-state index is 9.53. The normalized spacial score (nSPS) is 20.4. The Kier molecular flexibility index (Phi) is 5.69. The zero-order valence-electron chi connectivity index (χ0n) is 10.7. The van der Waals surface area contributed by atoms with E-state index in [-0.39, 0.29) is 18.7 Å². The van der Waals surface area contributed by atoms with Gasteiger partial charge in [-0.05, 0) is 18.8 Å². The molecule has 0 aromatic heterocycles. The summed E-state index contributed by atoms with van der Waals surface area (Å²) in [7, 11) is 1.71. The lowest BCUT2D eigenvalue weighted by atomic mass is 9.96. The number of methoxy groups -OCH3 is 1. The van der Waals surface area contributed by atoms with Crippen LogP contribution in [-0.4, -0.2) is 55.0 Å². The molecule has 0 radical (unpaired) electrons. The predicted molar refractivity (Wildman–Crippen MR) is 65.3 cm³/mol. The highest BCUT2D eigenvalue weighted by atomic mass is 16.5. The van der Waals surface area contributed by atoms with E-state index in [0.29, 0.717) is 18.6 Å². The van der Waals surface area contributed by atoms with Crippen molar-refractivity contribution in [2.75, 3.05) is 26.9 Å². The molecule has 4 heteroatoms. The van der Waals surface area contributed by atoms with Crippen LogP contribution in [0.1, 0.15) is 26.7 Å². The van der Waals surface area contributed by atoms with E-state index in [1.807, 2.05) is 0 Å². The second-order valence-electron chi connectivity index (χ2n) is 5.03. The van der Waals surface area contributed by atoms with Crippen molar-refractivity contribution in [3.05, 3.63) is 0 Å². The van der Waals surface area contributed by atoms with Crippen LogP contribution in [0, 0.1) is 5.92 Å². The lowest BCUT2D eigenvalue weighted by Gasteiger charge is -2.36. The molecule has 0 amide bonds. The summed E-state index contributed by atoms with van der Waals surface area (Å²) in [4.78, 5) is 2.33. The minimum atomic E-state index is 0.0301. The number of nitrogens with zero attached hydrogens (tertiary/aromatic N) is 1. The molecular weight excluding hydrogens is 204 g/mol. The van der Waals surface area contributed by atoms with Gasteiger partial charge in [-0.15, -0.1) is 0 Å². The standard InChI is InChI=1S/C12H26N2O2/c1-9(2)12(13)11(8-15)14(6-7-16-3)10-4-5-10/h9-12,15H,4-8,13H2,1-3H3. The fourth-order valence-electron chi connectivity index (χ4n) is 2.11. The van der Waals surface area contributed by atoms with Crippen molar-refractivity contribution in [3.63, 3.8) is 0 Å². The smallest absolute Gasteiger partial charge is 0.0602 e. The average molecular weight is 230 g/mol. The number of hydrogen-bond acceptors (Lipinski definition) is 4. The van der Waals surface area contributed by atoms with E-state index in [9.17, 15) is 5.11 Å². The number of ether oxygens (including phenoxy) is 1. The van der Waals surface area contributed by atoms with Gasteiger partial charge >= 0.3 is 0 Å². The number of aliphatic hydroxyl groups excluding tert-OH is 1. The molecule has 0 saturated heterocycles. The first-order chi connectivity index (χ1) is 7.61. The number of nitrogens with two attached hydrogens (primary N) is 1. The molecule has 0 aromatic rings. The lowest BCUT2D eigenvalue weighted by Crippen LogP contribution is -2.54. The van der Waals surface area contributed by atoms with Gasteiger partial charge in [0.05, 0.1) is 13.2 Å². The monoisotopic (exact) mass is 230 g/mol. The first-order valence-corrected chi connectivity index (χ1v) is 6.23. The Labute approximate surface area is 98.8 Å². The highest BCUT2D eigenvalue weighted by molar-refractivity contribution is 4.93. The van der Waals surface area contributed by atoms with Gasteiger partial charge in [0.2, 0.25) is 0 Å². The van der Waals surface area contributed by atoms with Gasteiger partial charge in [-0.1, -0.05) is 13.8 Å². The summed E-state index contributed by atoms with van der Waals surface area (Å²) < 4.78 is 5.12. The zero-order chi connectivity index (χ0) is 12.1. The van der Waals surface area contributed by atoms with Gasteiger partial charge < -0.3 is 15.6 Å². The minimum absolute atomic E-state index is 0.0301. The molecule has 2 unspecified atom stereocenters. The molecule has 4 nitrogen and oxygen atoms in total. The van der Waals surface area contributed by atoms with Gasteiger partial charge in [-0.25, -0.2) is 0 Å². The molecule has 1 fully saturated rings.